The molecule has 1 N–H and O–H groups in total. The van der Waals surface area contributed by atoms with E-state index in [1.165, 1.54) is 25.9 Å². The predicted molar refractivity (Wildman–Crippen MR) is 132 cm³/mol. The van der Waals surface area contributed by atoms with Crippen molar-refractivity contribution in [1.29, 1.82) is 0 Å². The van der Waals surface area contributed by atoms with Crippen LogP contribution in [0.4, 0.5) is 0 Å². The molecule has 1 atom stereocenters. The highest BCUT2D eigenvalue weighted by Gasteiger charge is 2.27. The van der Waals surface area contributed by atoms with Gasteiger partial charge in [0.15, 0.2) is 5.96 Å². The fourth-order valence-corrected chi connectivity index (χ4v) is 4.36. The number of nitrogens with zero attached hydrogens (tertiary/aromatic N) is 3. The van der Waals surface area contributed by atoms with E-state index in [4.69, 9.17) is 9.47 Å². The van der Waals surface area contributed by atoms with E-state index in [-0.39, 0.29) is 24.0 Å². The first kappa shape index (κ1) is 26.9. The molecule has 2 heterocycles. The molecule has 6 nitrogen and oxygen atoms in total. The molecule has 2 aliphatic rings. The summed E-state index contributed by atoms with van der Waals surface area (Å²) >= 11 is 0. The summed E-state index contributed by atoms with van der Waals surface area (Å²) in [6, 6.07) is 0.575. The Labute approximate surface area is 196 Å². The van der Waals surface area contributed by atoms with Gasteiger partial charge in [0.1, 0.15) is 0 Å². The predicted octanol–water partition coefficient (Wildman–Crippen LogP) is 3.45. The number of hydrogen-bond donors (Lipinski definition) is 1. The number of likely N-dealkylation sites (tertiary alicyclic amines) is 2. The Morgan fingerprint density at radius 1 is 1.07 bits per heavy atom. The Balaban J connectivity index is 0.00000420. The minimum Gasteiger partial charge on any atom is -0.385 e. The number of aliphatic imine (C=N–C) groups is 1. The number of rotatable bonds is 9. The molecule has 172 valence electrons. The molecule has 29 heavy (non-hydrogen) atoms. The van der Waals surface area contributed by atoms with Crippen molar-refractivity contribution in [2.75, 3.05) is 60.1 Å². The maximum atomic E-state index is 5.99. The molecular formula is C22H45IN4O2. The number of nitrogens with one attached hydrogen (secondary N) is 1. The van der Waals surface area contributed by atoms with Gasteiger partial charge >= 0.3 is 0 Å². The summed E-state index contributed by atoms with van der Waals surface area (Å²) in [6.45, 7) is 14.1. The lowest BCUT2D eigenvalue weighted by molar-refractivity contribution is 0.00980. The second kappa shape index (κ2) is 14.8. The summed E-state index contributed by atoms with van der Waals surface area (Å²) < 4.78 is 11.1. The number of guanidine groups is 1. The third-order valence-corrected chi connectivity index (χ3v) is 6.33. The van der Waals surface area contributed by atoms with Crippen molar-refractivity contribution in [1.82, 2.24) is 15.1 Å². The van der Waals surface area contributed by atoms with Gasteiger partial charge < -0.3 is 19.7 Å². The second-order valence-electron chi connectivity index (χ2n) is 8.86. The number of hydrogen-bond acceptors (Lipinski definition) is 4. The van der Waals surface area contributed by atoms with Crippen LogP contribution in [0.3, 0.4) is 0 Å². The quantitative estimate of drug-likeness (QED) is 0.217. The maximum absolute atomic E-state index is 5.99. The van der Waals surface area contributed by atoms with Crippen molar-refractivity contribution in [2.45, 2.75) is 65.0 Å². The van der Waals surface area contributed by atoms with Crippen LogP contribution < -0.4 is 5.32 Å². The number of halogens is 1. The van der Waals surface area contributed by atoms with Crippen LogP contribution in [0.5, 0.6) is 0 Å². The van der Waals surface area contributed by atoms with Crippen molar-refractivity contribution < 1.29 is 9.47 Å². The van der Waals surface area contributed by atoms with Crippen molar-refractivity contribution in [3.05, 3.63) is 0 Å². The van der Waals surface area contributed by atoms with Crippen LogP contribution in [-0.4, -0.2) is 88.0 Å². The third kappa shape index (κ3) is 9.27. The van der Waals surface area contributed by atoms with Crippen LogP contribution >= 0.6 is 24.0 Å². The Kier molecular flexibility index (Phi) is 13.7. The van der Waals surface area contributed by atoms with E-state index in [2.05, 4.69) is 40.9 Å². The maximum Gasteiger partial charge on any atom is 0.193 e. The van der Waals surface area contributed by atoms with Gasteiger partial charge in [-0.2, -0.15) is 0 Å². The average molecular weight is 525 g/mol. The fourth-order valence-electron chi connectivity index (χ4n) is 4.36. The highest BCUT2D eigenvalue weighted by Crippen LogP contribution is 2.21. The monoisotopic (exact) mass is 524 g/mol. The van der Waals surface area contributed by atoms with Gasteiger partial charge in [-0.05, 0) is 57.0 Å². The Hall–Kier alpha value is -0.120. The Morgan fingerprint density at radius 3 is 2.28 bits per heavy atom. The van der Waals surface area contributed by atoms with Gasteiger partial charge in [-0.3, -0.25) is 9.89 Å². The topological polar surface area (TPSA) is 49.3 Å². The Morgan fingerprint density at radius 2 is 1.72 bits per heavy atom. The van der Waals surface area contributed by atoms with Crippen LogP contribution in [-0.2, 0) is 9.47 Å². The molecule has 2 fully saturated rings. The third-order valence-electron chi connectivity index (χ3n) is 6.33. The molecule has 0 aromatic rings. The largest absolute Gasteiger partial charge is 0.385 e. The summed E-state index contributed by atoms with van der Waals surface area (Å²) in [6.07, 6.45) is 6.17. The molecule has 2 aliphatic heterocycles. The van der Waals surface area contributed by atoms with Crippen molar-refractivity contribution in [2.24, 2.45) is 16.8 Å². The summed E-state index contributed by atoms with van der Waals surface area (Å²) in [5.41, 5.74) is 0. The normalized spacial score (nSPS) is 21.3. The lowest BCUT2D eigenvalue weighted by Crippen LogP contribution is -2.53. The fraction of sp³-hybridized carbons (Fsp3) is 0.955. The van der Waals surface area contributed by atoms with E-state index in [1.807, 2.05) is 7.05 Å². The molecule has 7 heteroatoms. The van der Waals surface area contributed by atoms with Gasteiger partial charge in [-0.25, -0.2) is 0 Å². The molecule has 2 rings (SSSR count). The van der Waals surface area contributed by atoms with Gasteiger partial charge in [-0.1, -0.05) is 20.8 Å². The van der Waals surface area contributed by atoms with Crippen LogP contribution in [0.25, 0.3) is 0 Å². The van der Waals surface area contributed by atoms with Crippen molar-refractivity contribution in [3.8, 4) is 0 Å². The lowest BCUT2D eigenvalue weighted by Gasteiger charge is -2.40. The van der Waals surface area contributed by atoms with E-state index in [1.54, 1.807) is 7.11 Å². The second-order valence-corrected chi connectivity index (χ2v) is 8.86. The zero-order chi connectivity index (χ0) is 20.4. The van der Waals surface area contributed by atoms with Crippen LogP contribution in [0.1, 0.15) is 52.9 Å². The molecule has 0 radical (unpaired) electrons. The smallest absolute Gasteiger partial charge is 0.193 e. The molecule has 0 bridgehead atoms. The van der Waals surface area contributed by atoms with E-state index in [0.717, 1.165) is 64.0 Å². The SMILES string of the molecule is CN=C(NCC(C(C)C)N1CCC(C)CC1)N1CCC(OCCCOC)CC1.I. The minimum absolute atomic E-state index is 0. The van der Waals surface area contributed by atoms with E-state index in [0.29, 0.717) is 18.1 Å². The van der Waals surface area contributed by atoms with Gasteiger partial charge in [0.2, 0.25) is 0 Å². The summed E-state index contributed by atoms with van der Waals surface area (Å²) in [4.78, 5) is 9.65. The molecule has 0 aliphatic carbocycles. The summed E-state index contributed by atoms with van der Waals surface area (Å²) in [7, 11) is 3.65. The summed E-state index contributed by atoms with van der Waals surface area (Å²) in [5.74, 6) is 2.57. The first-order valence-electron chi connectivity index (χ1n) is 11.3. The summed E-state index contributed by atoms with van der Waals surface area (Å²) in [5, 5.41) is 3.68. The molecule has 2 saturated heterocycles. The average Bonchev–Trinajstić information content (AvgIpc) is 2.70. The number of piperidine rings is 2. The molecule has 0 aromatic heterocycles. The molecule has 0 amide bonds. The molecule has 1 unspecified atom stereocenters. The Bertz CT molecular complexity index is 448. The molecule has 0 saturated carbocycles. The highest BCUT2D eigenvalue weighted by molar-refractivity contribution is 14.0. The van der Waals surface area contributed by atoms with Gasteiger partial charge in [0.05, 0.1) is 6.10 Å². The van der Waals surface area contributed by atoms with Gasteiger partial charge in [-0.15, -0.1) is 24.0 Å². The zero-order valence-corrected chi connectivity index (χ0v) is 21.7. The van der Waals surface area contributed by atoms with Crippen LogP contribution in [0.15, 0.2) is 4.99 Å². The minimum atomic E-state index is 0. The van der Waals surface area contributed by atoms with Crippen LogP contribution in [0, 0.1) is 11.8 Å². The first-order valence-corrected chi connectivity index (χ1v) is 11.3. The first-order chi connectivity index (χ1) is 13.5. The van der Waals surface area contributed by atoms with Crippen molar-refractivity contribution in [3.63, 3.8) is 0 Å². The number of ether oxygens (including phenoxy) is 2. The molecule has 0 spiro atoms. The zero-order valence-electron chi connectivity index (χ0n) is 19.4. The van der Waals surface area contributed by atoms with Gasteiger partial charge in [0.25, 0.3) is 0 Å². The van der Waals surface area contributed by atoms with E-state index >= 15 is 0 Å². The van der Waals surface area contributed by atoms with E-state index in [9.17, 15) is 0 Å². The number of methoxy groups -OCH3 is 1. The van der Waals surface area contributed by atoms with Gasteiger partial charge in [0, 0.05) is 53.0 Å². The van der Waals surface area contributed by atoms with Crippen molar-refractivity contribution >= 4 is 29.9 Å². The lowest BCUT2D eigenvalue weighted by atomic mass is 9.94. The molecular weight excluding hydrogens is 479 g/mol. The molecule has 0 aromatic carbocycles. The van der Waals surface area contributed by atoms with E-state index < -0.39 is 0 Å². The standard InChI is InChI=1S/C22H44N4O2.HI/c1-18(2)21(25-11-7-19(3)8-12-25)17-24-22(23-4)26-13-9-20(10-14-26)28-16-6-15-27-5;/h18-21H,6-17H2,1-5H3,(H,23,24);1H. The highest BCUT2D eigenvalue weighted by atomic mass is 127. The van der Waals surface area contributed by atoms with Crippen LogP contribution in [0.2, 0.25) is 0 Å².